The van der Waals surface area contributed by atoms with E-state index < -0.39 is 45.6 Å². The number of nitrogens with two attached hydrogens (primary N) is 1. The fourth-order valence-corrected chi connectivity index (χ4v) is 10.7. The van der Waals surface area contributed by atoms with Gasteiger partial charge in [0.2, 0.25) is 25.4 Å². The van der Waals surface area contributed by atoms with Gasteiger partial charge < -0.3 is 48.0 Å². The van der Waals surface area contributed by atoms with Crippen LogP contribution in [0, 0.1) is 6.92 Å². The third-order valence-electron chi connectivity index (χ3n) is 13.4. The van der Waals surface area contributed by atoms with Gasteiger partial charge in [-0.3, -0.25) is 9.59 Å². The van der Waals surface area contributed by atoms with E-state index in [1.165, 1.54) is 13.2 Å². The predicted octanol–water partition coefficient (Wildman–Crippen LogP) is 9.10. The molecule has 7 aromatic carbocycles. The van der Waals surface area contributed by atoms with E-state index in [2.05, 4.69) is 4.72 Å². The van der Waals surface area contributed by atoms with Crippen LogP contribution in [-0.4, -0.2) is 62.0 Å². The Morgan fingerprint density at radius 2 is 1.06 bits per heavy atom. The van der Waals surface area contributed by atoms with Gasteiger partial charge in [-0.2, -0.15) is 0 Å². The quantitative estimate of drug-likeness (QED) is 0.0918. The molecule has 0 radical (unpaired) electrons. The van der Waals surface area contributed by atoms with Gasteiger partial charge in [-0.05, 0) is 107 Å². The minimum absolute atomic E-state index is 0.0364. The van der Waals surface area contributed by atoms with E-state index in [1.807, 2.05) is 97.5 Å². The maximum atomic E-state index is 14.1. The number of primary amides is 1. The van der Waals surface area contributed by atoms with Crippen LogP contribution in [0.1, 0.15) is 71.5 Å². The summed E-state index contributed by atoms with van der Waals surface area (Å²) in [6, 6.07) is 44.3. The van der Waals surface area contributed by atoms with Crippen LogP contribution in [0.15, 0.2) is 169 Å². The predicted molar refractivity (Wildman–Crippen MR) is 288 cm³/mol. The van der Waals surface area contributed by atoms with Crippen molar-refractivity contribution in [3.63, 3.8) is 0 Å². The second kappa shape index (κ2) is 22.0. The van der Waals surface area contributed by atoms with Gasteiger partial charge in [0.05, 0.1) is 30.1 Å². The lowest BCUT2D eigenvalue weighted by molar-refractivity contribution is -0.120. The monoisotopic (exact) mass is 1070 g/mol. The van der Waals surface area contributed by atoms with Crippen LogP contribution in [0.2, 0.25) is 0 Å². The molecule has 2 aliphatic heterocycles. The summed E-state index contributed by atoms with van der Waals surface area (Å²) in [6.45, 7) is 2.32. The molecule has 0 fully saturated rings. The van der Waals surface area contributed by atoms with Gasteiger partial charge in [0, 0.05) is 48.3 Å². The largest absolute Gasteiger partial charge is 0.495 e. The maximum absolute atomic E-state index is 14.1. The van der Waals surface area contributed by atoms with Crippen molar-refractivity contribution in [2.45, 2.75) is 36.9 Å². The molecule has 0 saturated heterocycles. The van der Waals surface area contributed by atoms with E-state index in [4.69, 9.17) is 38.9 Å². The zero-order valence-corrected chi connectivity index (χ0v) is 43.6. The van der Waals surface area contributed by atoms with E-state index in [9.17, 15) is 27.6 Å². The van der Waals surface area contributed by atoms with Crippen LogP contribution in [-0.2, 0) is 56.4 Å². The minimum Gasteiger partial charge on any atom is -0.495 e. The van der Waals surface area contributed by atoms with Crippen molar-refractivity contribution in [2.24, 2.45) is 19.8 Å². The van der Waals surface area contributed by atoms with E-state index in [0.29, 0.717) is 61.7 Å². The van der Waals surface area contributed by atoms with Crippen molar-refractivity contribution < 1.29 is 60.8 Å². The highest BCUT2D eigenvalue weighted by atomic mass is 32.2. The number of esters is 2. The van der Waals surface area contributed by atoms with Gasteiger partial charge in [-0.25, -0.2) is 22.7 Å². The highest BCUT2D eigenvalue weighted by molar-refractivity contribution is 7.90. The summed E-state index contributed by atoms with van der Waals surface area (Å²) in [6.07, 6.45) is 3.61. The summed E-state index contributed by atoms with van der Waals surface area (Å²) in [5.41, 5.74) is 13.1. The summed E-state index contributed by atoms with van der Waals surface area (Å²) in [7, 11) is 0.683. The number of methoxy groups -OCH3 is 1. The number of hydrogen-bond donors (Lipinski definition) is 2. The number of fused-ring (bicyclic) bond motifs is 4. The lowest BCUT2D eigenvalue weighted by Crippen LogP contribution is -2.35. The molecule has 18 heteroatoms. The third-order valence-corrected chi connectivity index (χ3v) is 14.8. The Morgan fingerprint density at radius 3 is 1.55 bits per heavy atom. The first-order valence-corrected chi connectivity index (χ1v) is 26.0. The standard InChI is InChI=1S/C34H30N2O8S.C26H22N2O5/c1-21-9-14-31(30(15-21)41-3)45(39,40)35-33(37)32(23-11-13-28-29(17-23)44-20-43-28)26-18-36(2)27-16-24(10-12-25(26)27)34(38)42-19-22-7-5-4-6-8-22;1-28-13-20(24(25(27)29)17-8-10-22-23(12-17)33-15-32-22)19-9-7-18(11-21(19)28)26(30)31-14-16-5-3-2-4-6-16/h4-18,32H,19-20H2,1-3H3,(H,35,37);2-13,24H,14-15H2,1H3,(H2,27,29). The highest BCUT2D eigenvalue weighted by Gasteiger charge is 2.33. The number of aromatic nitrogens is 2. The number of ether oxygens (including phenoxy) is 7. The van der Waals surface area contributed by atoms with E-state index in [-0.39, 0.29) is 37.4 Å². The lowest BCUT2D eigenvalue weighted by Gasteiger charge is -2.19. The summed E-state index contributed by atoms with van der Waals surface area (Å²) in [5, 5.41) is 1.49. The van der Waals surface area contributed by atoms with Crippen LogP contribution in [0.5, 0.6) is 28.7 Å². The summed E-state index contributed by atoms with van der Waals surface area (Å²) >= 11 is 0. The lowest BCUT2D eigenvalue weighted by atomic mass is 9.90. The molecule has 0 bridgehead atoms. The van der Waals surface area contributed by atoms with Crippen molar-refractivity contribution in [1.29, 1.82) is 0 Å². The molecule has 396 valence electrons. The average Bonchev–Trinajstić information content (AvgIpc) is 4.40. The summed E-state index contributed by atoms with van der Waals surface area (Å²) in [4.78, 5) is 52.0. The van der Waals surface area contributed by atoms with Crippen LogP contribution in [0.25, 0.3) is 21.8 Å². The van der Waals surface area contributed by atoms with Crippen LogP contribution < -0.4 is 34.1 Å². The summed E-state index contributed by atoms with van der Waals surface area (Å²) in [5.74, 6) is -1.62. The molecule has 0 spiro atoms. The Labute approximate surface area is 448 Å². The highest BCUT2D eigenvalue weighted by Crippen LogP contribution is 2.41. The molecule has 0 aliphatic carbocycles. The van der Waals surface area contributed by atoms with Gasteiger partial charge in [0.1, 0.15) is 23.9 Å². The Bertz CT molecular complexity index is 3890. The number of rotatable bonds is 15. The molecule has 2 amide bonds. The first-order chi connectivity index (χ1) is 37.6. The molecule has 4 heterocycles. The SMILES string of the molecule is COc1cc(C)ccc1S(=O)(=O)NC(=O)C(c1ccc2c(c1)OCO2)c1cn(C)c2cc(C(=O)OCc3ccccc3)ccc12.Cn1cc(C(C(N)=O)c2ccc3c(c2)OCO3)c2ccc(C(=O)OCc3ccccc3)cc21. The minimum atomic E-state index is -4.33. The molecular formula is C60H52N4O13S. The number of benzene rings is 7. The Morgan fingerprint density at radius 1 is 0.590 bits per heavy atom. The van der Waals surface area contributed by atoms with Crippen LogP contribution in [0.4, 0.5) is 0 Å². The molecule has 2 aliphatic rings. The Balaban J connectivity index is 0.000000185. The second-order valence-electron chi connectivity index (χ2n) is 18.6. The second-order valence-corrected chi connectivity index (χ2v) is 20.2. The fourth-order valence-electron chi connectivity index (χ4n) is 9.56. The molecule has 17 nitrogen and oxygen atoms in total. The summed E-state index contributed by atoms with van der Waals surface area (Å²) < 4.78 is 71.1. The van der Waals surface area contributed by atoms with E-state index in [1.54, 1.807) is 90.6 Å². The van der Waals surface area contributed by atoms with Crippen molar-refractivity contribution in [2.75, 3.05) is 20.7 Å². The number of carbonyl (C=O) groups excluding carboxylic acids is 4. The van der Waals surface area contributed by atoms with Gasteiger partial charge in [-0.15, -0.1) is 0 Å². The molecule has 11 rings (SSSR count). The zero-order chi connectivity index (χ0) is 54.7. The normalized spacial score (nSPS) is 13.0. The average molecular weight is 1070 g/mol. The third kappa shape index (κ3) is 10.8. The van der Waals surface area contributed by atoms with Gasteiger partial charge in [-0.1, -0.05) is 91.0 Å². The smallest absolute Gasteiger partial charge is 0.338 e. The first-order valence-electron chi connectivity index (χ1n) is 24.6. The number of carbonyl (C=O) groups is 4. The zero-order valence-electron chi connectivity index (χ0n) is 42.8. The molecule has 2 unspecified atom stereocenters. The Hall–Kier alpha value is -9.55. The van der Waals surface area contributed by atoms with E-state index in [0.717, 1.165) is 33.2 Å². The number of sulfonamides is 1. The van der Waals surface area contributed by atoms with Crippen LogP contribution >= 0.6 is 0 Å². The number of nitrogens with zero attached hydrogens (tertiary/aromatic N) is 2. The topological polar surface area (TPSA) is 215 Å². The first kappa shape index (κ1) is 51.9. The van der Waals surface area contributed by atoms with Crippen LogP contribution in [0.3, 0.4) is 0 Å². The molecule has 9 aromatic rings. The molecular weight excluding hydrogens is 1020 g/mol. The molecule has 3 N–H and O–H groups in total. The number of amides is 2. The molecule has 78 heavy (non-hydrogen) atoms. The number of aryl methyl sites for hydroxylation is 3. The molecule has 2 atom stereocenters. The number of nitrogens with one attached hydrogen (secondary N) is 1. The Kier molecular flexibility index (Phi) is 14.6. The van der Waals surface area contributed by atoms with Gasteiger partial charge >= 0.3 is 11.9 Å². The number of hydrogen-bond acceptors (Lipinski definition) is 13. The molecule has 2 aromatic heterocycles. The van der Waals surface area contributed by atoms with Gasteiger partial charge in [0.25, 0.3) is 10.0 Å². The van der Waals surface area contributed by atoms with Gasteiger partial charge in [0.15, 0.2) is 23.0 Å². The molecule has 0 saturated carbocycles. The fraction of sp³-hybridized carbons (Fsp3) is 0.167. The van der Waals surface area contributed by atoms with Crippen molar-refractivity contribution >= 4 is 55.6 Å². The van der Waals surface area contributed by atoms with Crippen molar-refractivity contribution in [3.05, 3.63) is 214 Å². The maximum Gasteiger partial charge on any atom is 0.338 e. The van der Waals surface area contributed by atoms with Crippen molar-refractivity contribution in [1.82, 2.24) is 13.9 Å². The van der Waals surface area contributed by atoms with Crippen molar-refractivity contribution in [3.8, 4) is 28.7 Å². The van der Waals surface area contributed by atoms with E-state index >= 15 is 0 Å².